The molecule has 0 amide bonds. The summed E-state index contributed by atoms with van der Waals surface area (Å²) in [6.07, 6.45) is 2.21. The zero-order chi connectivity index (χ0) is 12.9. The predicted octanol–water partition coefficient (Wildman–Crippen LogP) is 1.49. The second kappa shape index (κ2) is 5.55. The Morgan fingerprint density at radius 2 is 1.82 bits per heavy atom. The molecule has 0 spiro atoms. The maximum Gasteiger partial charge on any atom is 0.445 e. The maximum atomic E-state index is 10.3. The molecule has 0 atom stereocenters. The molecule has 17 heavy (non-hydrogen) atoms. The largest absolute Gasteiger partial charge is 0.493 e. The molecule has 0 aliphatic rings. The number of hydrogen-bond acceptors (Lipinski definition) is 5. The second-order valence-corrected chi connectivity index (χ2v) is 3.99. The van der Waals surface area contributed by atoms with Crippen molar-refractivity contribution in [2.75, 3.05) is 14.2 Å². The summed E-state index contributed by atoms with van der Waals surface area (Å²) < 4.78 is 43.0. The molecule has 1 N–H and O–H groups in total. The highest BCUT2D eigenvalue weighted by atomic mass is 32.3. The van der Waals surface area contributed by atoms with Crippen molar-refractivity contribution in [3.05, 3.63) is 30.0 Å². The van der Waals surface area contributed by atoms with Crippen LogP contribution in [0.3, 0.4) is 0 Å². The van der Waals surface area contributed by atoms with Crippen molar-refractivity contribution in [3.63, 3.8) is 0 Å². The Labute approximate surface area is 99.4 Å². The van der Waals surface area contributed by atoms with Gasteiger partial charge >= 0.3 is 10.4 Å². The molecule has 6 nitrogen and oxygen atoms in total. The molecular formula is C10H12O6S. The van der Waals surface area contributed by atoms with Crippen LogP contribution >= 0.6 is 0 Å². The molecular weight excluding hydrogens is 248 g/mol. The fourth-order valence-corrected chi connectivity index (χ4v) is 1.33. The summed E-state index contributed by atoms with van der Waals surface area (Å²) in [5.74, 6) is 1.06. The fraction of sp³-hybridized carbons (Fsp3) is 0.200. The van der Waals surface area contributed by atoms with Gasteiger partial charge in [-0.15, -0.1) is 0 Å². The summed E-state index contributed by atoms with van der Waals surface area (Å²) in [7, 11) is -1.47. The van der Waals surface area contributed by atoms with E-state index < -0.39 is 10.4 Å². The van der Waals surface area contributed by atoms with Gasteiger partial charge < -0.3 is 13.7 Å². The van der Waals surface area contributed by atoms with E-state index in [1.54, 1.807) is 18.2 Å². The van der Waals surface area contributed by atoms with E-state index in [4.69, 9.17) is 14.0 Å². The summed E-state index contributed by atoms with van der Waals surface area (Å²) >= 11 is 0. The molecule has 0 heterocycles. The first-order valence-electron chi connectivity index (χ1n) is 4.50. The van der Waals surface area contributed by atoms with E-state index in [0.29, 0.717) is 17.1 Å². The van der Waals surface area contributed by atoms with Crippen LogP contribution in [0.15, 0.2) is 24.5 Å². The Balaban J connectivity index is 2.86. The molecule has 0 saturated heterocycles. The molecule has 94 valence electrons. The lowest BCUT2D eigenvalue weighted by atomic mass is 10.2. The zero-order valence-electron chi connectivity index (χ0n) is 9.28. The molecule has 1 rings (SSSR count). The van der Waals surface area contributed by atoms with E-state index in [-0.39, 0.29) is 0 Å². The monoisotopic (exact) mass is 260 g/mol. The minimum Gasteiger partial charge on any atom is -0.493 e. The van der Waals surface area contributed by atoms with Crippen molar-refractivity contribution < 1.29 is 26.6 Å². The van der Waals surface area contributed by atoms with Crippen LogP contribution < -0.4 is 9.47 Å². The van der Waals surface area contributed by atoms with Crippen LogP contribution in [0, 0.1) is 0 Å². The molecule has 0 bridgehead atoms. The SMILES string of the molecule is COc1ccc(/C=C/OS(=O)(=O)O)cc1OC. The van der Waals surface area contributed by atoms with Gasteiger partial charge in [0.1, 0.15) is 6.26 Å². The zero-order valence-corrected chi connectivity index (χ0v) is 10.1. The Kier molecular flexibility index (Phi) is 4.36. The van der Waals surface area contributed by atoms with Crippen molar-refractivity contribution in [2.45, 2.75) is 0 Å². The van der Waals surface area contributed by atoms with E-state index in [9.17, 15) is 8.42 Å². The molecule has 1 aromatic rings. The summed E-state index contributed by atoms with van der Waals surface area (Å²) in [6, 6.07) is 4.96. The Hall–Kier alpha value is -1.73. The highest BCUT2D eigenvalue weighted by Gasteiger charge is 2.03. The number of ether oxygens (including phenoxy) is 2. The van der Waals surface area contributed by atoms with Crippen molar-refractivity contribution in [2.24, 2.45) is 0 Å². The van der Waals surface area contributed by atoms with Crippen LogP contribution in [0.1, 0.15) is 5.56 Å². The van der Waals surface area contributed by atoms with E-state index in [0.717, 1.165) is 6.26 Å². The standard InChI is InChI=1S/C10H12O6S/c1-14-9-4-3-8(7-10(9)15-2)5-6-16-17(11,12)13/h3-7H,1-2H3,(H,11,12,13)/b6-5+. The molecule has 1 aromatic carbocycles. The van der Waals surface area contributed by atoms with Gasteiger partial charge in [-0.1, -0.05) is 6.07 Å². The molecule has 0 radical (unpaired) electrons. The second-order valence-electron chi connectivity index (χ2n) is 2.94. The van der Waals surface area contributed by atoms with Gasteiger partial charge in [-0.05, 0) is 23.8 Å². The summed E-state index contributed by atoms with van der Waals surface area (Å²) in [6.45, 7) is 0. The van der Waals surface area contributed by atoms with Gasteiger partial charge in [-0.3, -0.25) is 4.55 Å². The molecule has 0 fully saturated rings. The highest BCUT2D eigenvalue weighted by molar-refractivity contribution is 7.81. The third-order valence-electron chi connectivity index (χ3n) is 1.85. The normalized spacial score (nSPS) is 11.5. The molecule has 0 saturated carbocycles. The van der Waals surface area contributed by atoms with Gasteiger partial charge in [0.2, 0.25) is 0 Å². The van der Waals surface area contributed by atoms with Crippen molar-refractivity contribution in [1.29, 1.82) is 0 Å². The van der Waals surface area contributed by atoms with Crippen LogP contribution in [0.5, 0.6) is 11.5 Å². The number of methoxy groups -OCH3 is 2. The quantitative estimate of drug-likeness (QED) is 0.638. The fourth-order valence-electron chi connectivity index (χ4n) is 1.13. The average Bonchev–Trinajstić information content (AvgIpc) is 2.27. The summed E-state index contributed by atoms with van der Waals surface area (Å²) in [5.41, 5.74) is 0.631. The Morgan fingerprint density at radius 3 is 2.35 bits per heavy atom. The van der Waals surface area contributed by atoms with Gasteiger partial charge in [-0.25, -0.2) is 0 Å². The first-order valence-corrected chi connectivity index (χ1v) is 5.87. The van der Waals surface area contributed by atoms with Crippen molar-refractivity contribution >= 4 is 16.5 Å². The van der Waals surface area contributed by atoms with Gasteiger partial charge in [0.25, 0.3) is 0 Å². The van der Waals surface area contributed by atoms with Gasteiger partial charge in [-0.2, -0.15) is 8.42 Å². The van der Waals surface area contributed by atoms with Crippen LogP contribution in [0.4, 0.5) is 0 Å². The topological polar surface area (TPSA) is 82.1 Å². The van der Waals surface area contributed by atoms with Crippen molar-refractivity contribution in [3.8, 4) is 11.5 Å². The smallest absolute Gasteiger partial charge is 0.445 e. The molecule has 0 unspecified atom stereocenters. The Morgan fingerprint density at radius 1 is 1.18 bits per heavy atom. The van der Waals surface area contributed by atoms with Gasteiger partial charge in [0.05, 0.1) is 14.2 Å². The predicted molar refractivity (Wildman–Crippen MR) is 61.2 cm³/mol. The van der Waals surface area contributed by atoms with Gasteiger partial charge in [0, 0.05) is 0 Å². The van der Waals surface area contributed by atoms with Crippen LogP contribution in [-0.4, -0.2) is 27.2 Å². The number of rotatable bonds is 5. The third-order valence-corrected chi connectivity index (χ3v) is 2.20. The van der Waals surface area contributed by atoms with Crippen LogP contribution in [-0.2, 0) is 14.6 Å². The van der Waals surface area contributed by atoms with Crippen molar-refractivity contribution in [1.82, 2.24) is 0 Å². The Bertz CT molecular complexity index is 506. The van der Waals surface area contributed by atoms with Crippen LogP contribution in [0.2, 0.25) is 0 Å². The van der Waals surface area contributed by atoms with Crippen LogP contribution in [0.25, 0.3) is 6.08 Å². The lowest BCUT2D eigenvalue weighted by molar-refractivity contribution is 0.354. The minimum absolute atomic E-state index is 0.501. The maximum absolute atomic E-state index is 10.3. The average molecular weight is 260 g/mol. The molecule has 0 aliphatic carbocycles. The number of benzene rings is 1. The van der Waals surface area contributed by atoms with E-state index >= 15 is 0 Å². The molecule has 0 aliphatic heterocycles. The lowest BCUT2D eigenvalue weighted by Gasteiger charge is -2.07. The van der Waals surface area contributed by atoms with E-state index in [2.05, 4.69) is 4.18 Å². The van der Waals surface area contributed by atoms with Gasteiger partial charge in [0.15, 0.2) is 11.5 Å². The highest BCUT2D eigenvalue weighted by Crippen LogP contribution is 2.27. The first-order chi connectivity index (χ1) is 7.96. The minimum atomic E-state index is -4.47. The summed E-state index contributed by atoms with van der Waals surface area (Å²) in [4.78, 5) is 0. The molecule has 7 heteroatoms. The lowest BCUT2D eigenvalue weighted by Crippen LogP contribution is -1.96. The van der Waals surface area contributed by atoms with E-state index in [1.165, 1.54) is 20.3 Å². The van der Waals surface area contributed by atoms with E-state index in [1.807, 2.05) is 0 Å². The molecule has 0 aromatic heterocycles. The first kappa shape index (κ1) is 13.3. The number of hydrogen-bond donors (Lipinski definition) is 1. The third kappa shape index (κ3) is 4.33. The summed E-state index contributed by atoms with van der Waals surface area (Å²) in [5, 5.41) is 0.